The Bertz CT molecular complexity index is 912. The zero-order valence-electron chi connectivity index (χ0n) is 18.5. The van der Waals surface area contributed by atoms with Crippen LogP contribution in [0, 0.1) is 6.92 Å². The molecule has 8 nitrogen and oxygen atoms in total. The van der Waals surface area contributed by atoms with E-state index in [-0.39, 0.29) is 30.7 Å². The highest BCUT2D eigenvalue weighted by atomic mass is 32.2. The number of sulfonamides is 1. The molecule has 1 unspecified atom stereocenters. The highest BCUT2D eigenvalue weighted by molar-refractivity contribution is 7.90. The molecule has 1 amide bonds. The summed E-state index contributed by atoms with van der Waals surface area (Å²) in [6.45, 7) is 6.06. The molecule has 1 aliphatic carbocycles. The maximum absolute atomic E-state index is 13.1. The Hall–Kier alpha value is -1.71. The van der Waals surface area contributed by atoms with Crippen molar-refractivity contribution in [2.45, 2.75) is 82.2 Å². The lowest BCUT2D eigenvalue weighted by molar-refractivity contribution is -0.136. The monoisotopic (exact) mass is 451 g/mol. The predicted octanol–water partition coefficient (Wildman–Crippen LogP) is 2.12. The van der Waals surface area contributed by atoms with Gasteiger partial charge in [-0.3, -0.25) is 4.79 Å². The van der Waals surface area contributed by atoms with E-state index in [4.69, 9.17) is 9.47 Å². The fraction of sp³-hybridized carbons (Fsp3) is 0.727. The zero-order chi connectivity index (χ0) is 22.2. The summed E-state index contributed by atoms with van der Waals surface area (Å²) in [5.74, 6) is 0.732. The first-order valence-corrected chi connectivity index (χ1v) is 12.8. The summed E-state index contributed by atoms with van der Waals surface area (Å²) in [6.07, 6.45) is 6.24. The topological polar surface area (TPSA) is 97.8 Å². The molecule has 1 saturated heterocycles. The van der Waals surface area contributed by atoms with Gasteiger partial charge in [-0.25, -0.2) is 18.1 Å². The summed E-state index contributed by atoms with van der Waals surface area (Å²) in [6, 6.07) is 1.30. The van der Waals surface area contributed by atoms with Gasteiger partial charge in [-0.05, 0) is 70.4 Å². The fourth-order valence-electron chi connectivity index (χ4n) is 4.98. The van der Waals surface area contributed by atoms with Gasteiger partial charge in [0.1, 0.15) is 0 Å². The van der Waals surface area contributed by atoms with Gasteiger partial charge in [0.2, 0.25) is 15.9 Å². The van der Waals surface area contributed by atoms with E-state index < -0.39 is 15.3 Å². The standard InChI is InChI=1S/C22H33N3O5S/c1-14(2)31(27,28)24-18-9-11-25-19(18)12-29-17-6-4-16(5-7-17)21-15(3)8-10-23-22(21)30-13-20(25)26/h8,10,14,16-19,24H,4-7,9,11-13H2,1-3H3/t16?,17?,18?,19-/m0/s1. The van der Waals surface area contributed by atoms with Gasteiger partial charge in [0, 0.05) is 24.3 Å². The van der Waals surface area contributed by atoms with Gasteiger partial charge >= 0.3 is 0 Å². The summed E-state index contributed by atoms with van der Waals surface area (Å²) in [5.41, 5.74) is 2.24. The summed E-state index contributed by atoms with van der Waals surface area (Å²) in [4.78, 5) is 19.2. The number of nitrogens with one attached hydrogen (secondary N) is 1. The molecule has 9 heteroatoms. The third kappa shape index (κ3) is 4.73. The van der Waals surface area contributed by atoms with Crippen LogP contribution in [0.25, 0.3) is 0 Å². The number of ether oxygens (including phenoxy) is 2. The Labute approximate surface area is 184 Å². The van der Waals surface area contributed by atoms with Crippen molar-refractivity contribution in [2.24, 2.45) is 0 Å². The number of fused-ring (bicyclic) bond motifs is 5. The predicted molar refractivity (Wildman–Crippen MR) is 117 cm³/mol. The highest BCUT2D eigenvalue weighted by Gasteiger charge is 2.41. The molecule has 0 aromatic carbocycles. The second-order valence-electron chi connectivity index (χ2n) is 9.20. The summed E-state index contributed by atoms with van der Waals surface area (Å²) in [5, 5.41) is -0.530. The second kappa shape index (κ2) is 9.03. The molecule has 2 fully saturated rings. The van der Waals surface area contributed by atoms with Crippen molar-refractivity contribution in [3.63, 3.8) is 0 Å². The van der Waals surface area contributed by atoms with E-state index in [9.17, 15) is 13.2 Å². The van der Waals surface area contributed by atoms with E-state index in [1.165, 1.54) is 0 Å². The number of carbonyl (C=O) groups is 1. The van der Waals surface area contributed by atoms with E-state index in [0.717, 1.165) is 36.8 Å². The Kier molecular flexibility index (Phi) is 6.55. The SMILES string of the molecule is Cc1ccnc2c1C1CCC(CC1)OC[C@H]1C(NS(=O)(=O)C(C)C)CCN1C(=O)CO2. The molecule has 4 heterocycles. The first kappa shape index (κ1) is 22.5. The minimum Gasteiger partial charge on any atom is -0.467 e. The van der Waals surface area contributed by atoms with Gasteiger partial charge < -0.3 is 14.4 Å². The summed E-state index contributed by atoms with van der Waals surface area (Å²) >= 11 is 0. The van der Waals surface area contributed by atoms with Gasteiger partial charge in [0.25, 0.3) is 5.91 Å². The van der Waals surface area contributed by atoms with E-state index in [1.807, 2.05) is 6.07 Å². The minimum absolute atomic E-state index is 0.111. The van der Waals surface area contributed by atoms with Crippen molar-refractivity contribution in [1.29, 1.82) is 0 Å². The van der Waals surface area contributed by atoms with Crippen LogP contribution >= 0.6 is 0 Å². The van der Waals surface area contributed by atoms with Crippen LogP contribution in [0.1, 0.15) is 63.0 Å². The van der Waals surface area contributed by atoms with Crippen LogP contribution in [-0.4, -0.2) is 67.4 Å². The van der Waals surface area contributed by atoms with Crippen molar-refractivity contribution in [2.75, 3.05) is 19.8 Å². The second-order valence-corrected chi connectivity index (χ2v) is 11.5. The number of nitrogens with zero attached hydrogens (tertiary/aromatic N) is 2. The smallest absolute Gasteiger partial charge is 0.260 e. The van der Waals surface area contributed by atoms with Gasteiger partial charge in [0.05, 0.1) is 24.0 Å². The van der Waals surface area contributed by atoms with Gasteiger partial charge in [-0.1, -0.05) is 0 Å². The van der Waals surface area contributed by atoms with Crippen molar-refractivity contribution < 1.29 is 22.7 Å². The van der Waals surface area contributed by atoms with E-state index in [0.29, 0.717) is 31.4 Å². The lowest BCUT2D eigenvalue weighted by Gasteiger charge is -2.32. The van der Waals surface area contributed by atoms with Gasteiger partial charge in [0.15, 0.2) is 6.61 Å². The molecule has 5 rings (SSSR count). The summed E-state index contributed by atoms with van der Waals surface area (Å²) < 4.78 is 39.9. The molecule has 31 heavy (non-hydrogen) atoms. The Morgan fingerprint density at radius 2 is 1.94 bits per heavy atom. The van der Waals surface area contributed by atoms with Crippen LogP contribution < -0.4 is 9.46 Å². The van der Waals surface area contributed by atoms with Crippen LogP contribution in [0.2, 0.25) is 0 Å². The zero-order valence-corrected chi connectivity index (χ0v) is 19.4. The molecule has 2 bridgehead atoms. The van der Waals surface area contributed by atoms with E-state index in [1.54, 1.807) is 24.9 Å². The maximum Gasteiger partial charge on any atom is 0.260 e. The Morgan fingerprint density at radius 3 is 2.65 bits per heavy atom. The molecule has 1 aromatic rings. The largest absolute Gasteiger partial charge is 0.467 e. The Morgan fingerprint density at radius 1 is 1.19 bits per heavy atom. The molecule has 1 N–H and O–H groups in total. The number of amides is 1. The van der Waals surface area contributed by atoms with Crippen molar-refractivity contribution in [3.8, 4) is 5.88 Å². The summed E-state index contributed by atoms with van der Waals surface area (Å²) in [7, 11) is -3.45. The van der Waals surface area contributed by atoms with Crippen molar-refractivity contribution in [1.82, 2.24) is 14.6 Å². The molecule has 1 saturated carbocycles. The van der Waals surface area contributed by atoms with Crippen LogP contribution in [0.5, 0.6) is 5.88 Å². The molecule has 2 atom stereocenters. The minimum atomic E-state index is -3.45. The lowest BCUT2D eigenvalue weighted by Crippen LogP contribution is -2.51. The van der Waals surface area contributed by atoms with Crippen LogP contribution in [0.4, 0.5) is 0 Å². The quantitative estimate of drug-likeness (QED) is 0.756. The highest BCUT2D eigenvalue weighted by Crippen LogP contribution is 2.39. The number of aromatic nitrogens is 1. The third-order valence-electron chi connectivity index (χ3n) is 6.89. The number of aryl methyl sites for hydroxylation is 1. The molecule has 3 aliphatic heterocycles. The number of hydrogen-bond donors (Lipinski definition) is 1. The normalized spacial score (nSPS) is 29.5. The van der Waals surface area contributed by atoms with Gasteiger partial charge in [-0.15, -0.1) is 0 Å². The third-order valence-corrected chi connectivity index (χ3v) is 8.76. The average molecular weight is 452 g/mol. The van der Waals surface area contributed by atoms with E-state index >= 15 is 0 Å². The average Bonchev–Trinajstić information content (AvgIpc) is 3.12. The first-order valence-electron chi connectivity index (χ1n) is 11.3. The molecule has 1 aromatic heterocycles. The first-order chi connectivity index (χ1) is 14.8. The fourth-order valence-corrected chi connectivity index (χ4v) is 5.95. The van der Waals surface area contributed by atoms with Crippen LogP contribution in [-0.2, 0) is 19.6 Å². The Balaban J connectivity index is 1.60. The molecular formula is C22H33N3O5S. The molecule has 0 radical (unpaired) electrons. The van der Waals surface area contributed by atoms with Crippen LogP contribution in [0.3, 0.4) is 0 Å². The lowest BCUT2D eigenvalue weighted by atomic mass is 9.81. The maximum atomic E-state index is 13.1. The number of carbonyl (C=O) groups excluding carboxylic acids is 1. The van der Waals surface area contributed by atoms with E-state index in [2.05, 4.69) is 16.6 Å². The van der Waals surface area contributed by atoms with Crippen molar-refractivity contribution in [3.05, 3.63) is 23.4 Å². The molecule has 0 spiro atoms. The van der Waals surface area contributed by atoms with Gasteiger partial charge in [-0.2, -0.15) is 0 Å². The number of pyridine rings is 1. The number of rotatable bonds is 3. The molecular weight excluding hydrogens is 418 g/mol. The van der Waals surface area contributed by atoms with Crippen molar-refractivity contribution >= 4 is 15.9 Å². The number of hydrogen-bond acceptors (Lipinski definition) is 6. The van der Waals surface area contributed by atoms with Crippen LogP contribution in [0.15, 0.2) is 12.3 Å². The molecule has 172 valence electrons. The molecule has 4 aliphatic rings.